The van der Waals surface area contributed by atoms with E-state index in [0.29, 0.717) is 12.2 Å². The quantitative estimate of drug-likeness (QED) is 0.899. The molecule has 3 nitrogen and oxygen atoms in total. The van der Waals surface area contributed by atoms with E-state index in [1.807, 2.05) is 6.07 Å². The lowest BCUT2D eigenvalue weighted by Gasteiger charge is -2.10. The Bertz CT molecular complexity index is 689. The van der Waals surface area contributed by atoms with Gasteiger partial charge in [0.15, 0.2) is 0 Å². The number of nitrogens with zero attached hydrogens (tertiary/aromatic N) is 1. The van der Waals surface area contributed by atoms with Gasteiger partial charge in [-0.15, -0.1) is 0 Å². The highest BCUT2D eigenvalue weighted by Gasteiger charge is 2.11. The molecule has 2 aromatic carbocycles. The molecule has 100 valence electrons. The van der Waals surface area contributed by atoms with Gasteiger partial charge in [-0.2, -0.15) is 5.26 Å². The predicted octanol–water partition coefficient (Wildman–Crippen LogP) is 2.91. The van der Waals surface area contributed by atoms with Gasteiger partial charge in [0.05, 0.1) is 5.69 Å². The molecular formula is C16H14FN3. The SMILES string of the molecule is N#Cc1c(F)cccc1NCc1ccc2c(c1)CNC2. The van der Waals surface area contributed by atoms with Gasteiger partial charge < -0.3 is 10.6 Å². The highest BCUT2D eigenvalue weighted by molar-refractivity contribution is 5.58. The van der Waals surface area contributed by atoms with Gasteiger partial charge in [0.2, 0.25) is 0 Å². The van der Waals surface area contributed by atoms with Gasteiger partial charge in [-0.05, 0) is 28.8 Å². The molecule has 0 atom stereocenters. The lowest BCUT2D eigenvalue weighted by atomic mass is 10.1. The summed E-state index contributed by atoms with van der Waals surface area (Å²) in [5.41, 5.74) is 4.36. The molecule has 0 saturated carbocycles. The lowest BCUT2D eigenvalue weighted by Crippen LogP contribution is -2.03. The predicted molar refractivity (Wildman–Crippen MR) is 75.4 cm³/mol. The van der Waals surface area contributed by atoms with Gasteiger partial charge in [-0.3, -0.25) is 0 Å². The fraction of sp³-hybridized carbons (Fsp3) is 0.188. The van der Waals surface area contributed by atoms with Crippen molar-refractivity contribution in [2.75, 3.05) is 5.32 Å². The van der Waals surface area contributed by atoms with Crippen LogP contribution in [0, 0.1) is 17.1 Å². The van der Waals surface area contributed by atoms with Crippen LogP contribution < -0.4 is 10.6 Å². The van der Waals surface area contributed by atoms with E-state index in [-0.39, 0.29) is 5.56 Å². The summed E-state index contributed by atoms with van der Waals surface area (Å²) in [5, 5.41) is 15.4. The van der Waals surface area contributed by atoms with Crippen molar-refractivity contribution in [3.63, 3.8) is 0 Å². The number of benzene rings is 2. The molecule has 0 aromatic heterocycles. The molecule has 20 heavy (non-hydrogen) atoms. The van der Waals surface area contributed by atoms with Crippen molar-refractivity contribution in [3.8, 4) is 6.07 Å². The Morgan fingerprint density at radius 2 is 2.05 bits per heavy atom. The molecule has 2 N–H and O–H groups in total. The van der Waals surface area contributed by atoms with Gasteiger partial charge in [0.25, 0.3) is 0 Å². The average Bonchev–Trinajstić information content (AvgIpc) is 2.92. The van der Waals surface area contributed by atoms with Crippen LogP contribution in [0.5, 0.6) is 0 Å². The Hall–Kier alpha value is -2.38. The normalized spacial score (nSPS) is 12.8. The third kappa shape index (κ3) is 2.36. The molecule has 0 radical (unpaired) electrons. The largest absolute Gasteiger partial charge is 0.380 e. The van der Waals surface area contributed by atoms with Gasteiger partial charge in [0, 0.05) is 19.6 Å². The maximum Gasteiger partial charge on any atom is 0.143 e. The molecule has 0 fully saturated rings. The molecule has 1 aliphatic heterocycles. The molecule has 2 aromatic rings. The van der Waals surface area contributed by atoms with Gasteiger partial charge in [0.1, 0.15) is 17.4 Å². The molecule has 4 heteroatoms. The van der Waals surface area contributed by atoms with E-state index < -0.39 is 5.82 Å². The first-order valence-corrected chi connectivity index (χ1v) is 6.52. The van der Waals surface area contributed by atoms with Crippen LogP contribution in [-0.2, 0) is 19.6 Å². The summed E-state index contributed by atoms with van der Waals surface area (Å²) in [7, 11) is 0. The minimum atomic E-state index is -0.490. The summed E-state index contributed by atoms with van der Waals surface area (Å²) >= 11 is 0. The first-order chi connectivity index (χ1) is 9.78. The first kappa shape index (κ1) is 12.6. The molecular weight excluding hydrogens is 253 g/mol. The van der Waals surface area contributed by atoms with Gasteiger partial charge in [-0.1, -0.05) is 24.3 Å². The van der Waals surface area contributed by atoms with E-state index in [0.717, 1.165) is 18.7 Å². The summed E-state index contributed by atoms with van der Waals surface area (Å²) in [6.07, 6.45) is 0. The van der Waals surface area contributed by atoms with Crippen LogP contribution in [0.4, 0.5) is 10.1 Å². The van der Waals surface area contributed by atoms with Crippen LogP contribution in [0.25, 0.3) is 0 Å². The van der Waals surface area contributed by atoms with Gasteiger partial charge in [-0.25, -0.2) is 4.39 Å². The number of anilines is 1. The van der Waals surface area contributed by atoms with E-state index in [4.69, 9.17) is 5.26 Å². The molecule has 0 bridgehead atoms. The standard InChI is InChI=1S/C16H14FN3/c17-15-2-1-3-16(14(15)7-18)20-8-11-4-5-12-9-19-10-13(12)6-11/h1-6,19-20H,8-10H2. The highest BCUT2D eigenvalue weighted by atomic mass is 19.1. The second kappa shape index (κ2) is 5.32. The summed E-state index contributed by atoms with van der Waals surface area (Å²) in [5.74, 6) is -0.490. The lowest BCUT2D eigenvalue weighted by molar-refractivity contribution is 0.624. The van der Waals surface area contributed by atoms with Gasteiger partial charge >= 0.3 is 0 Å². The molecule has 1 aliphatic rings. The Kier molecular flexibility index (Phi) is 3.36. The van der Waals surface area contributed by atoms with E-state index in [1.165, 1.54) is 17.2 Å². The number of halogens is 1. The maximum atomic E-state index is 13.5. The van der Waals surface area contributed by atoms with Crippen LogP contribution in [0.15, 0.2) is 36.4 Å². The molecule has 0 amide bonds. The Labute approximate surface area is 117 Å². The van der Waals surface area contributed by atoms with Crippen LogP contribution in [0.1, 0.15) is 22.3 Å². The van der Waals surface area contributed by atoms with Crippen molar-refractivity contribution in [2.45, 2.75) is 19.6 Å². The molecule has 0 spiro atoms. The molecule has 0 unspecified atom stereocenters. The van der Waals surface area contributed by atoms with Crippen LogP contribution in [0.2, 0.25) is 0 Å². The zero-order valence-electron chi connectivity index (χ0n) is 10.9. The van der Waals surface area contributed by atoms with Crippen molar-refractivity contribution >= 4 is 5.69 Å². The number of rotatable bonds is 3. The number of nitriles is 1. The number of nitrogens with one attached hydrogen (secondary N) is 2. The smallest absolute Gasteiger partial charge is 0.143 e. The molecule has 1 heterocycles. The second-order valence-electron chi connectivity index (χ2n) is 4.83. The summed E-state index contributed by atoms with van der Waals surface area (Å²) < 4.78 is 13.5. The van der Waals surface area contributed by atoms with E-state index in [2.05, 4.69) is 28.8 Å². The maximum absolute atomic E-state index is 13.5. The first-order valence-electron chi connectivity index (χ1n) is 6.52. The zero-order chi connectivity index (χ0) is 13.9. The number of fused-ring (bicyclic) bond motifs is 1. The third-order valence-electron chi connectivity index (χ3n) is 3.51. The minimum Gasteiger partial charge on any atom is -0.380 e. The van der Waals surface area contributed by atoms with Crippen molar-refractivity contribution in [1.29, 1.82) is 5.26 Å². The summed E-state index contributed by atoms with van der Waals surface area (Å²) in [6.45, 7) is 2.39. The zero-order valence-corrected chi connectivity index (χ0v) is 10.9. The number of hydrogen-bond acceptors (Lipinski definition) is 3. The van der Waals surface area contributed by atoms with Crippen LogP contribution in [-0.4, -0.2) is 0 Å². The van der Waals surface area contributed by atoms with E-state index >= 15 is 0 Å². The third-order valence-corrected chi connectivity index (χ3v) is 3.51. The Morgan fingerprint density at radius 3 is 2.90 bits per heavy atom. The average molecular weight is 267 g/mol. The minimum absolute atomic E-state index is 0.0651. The molecule has 3 rings (SSSR count). The monoisotopic (exact) mass is 267 g/mol. The summed E-state index contributed by atoms with van der Waals surface area (Å²) in [4.78, 5) is 0. The molecule has 0 aliphatic carbocycles. The van der Waals surface area contributed by atoms with Crippen LogP contribution in [0.3, 0.4) is 0 Å². The fourth-order valence-electron chi connectivity index (χ4n) is 2.44. The van der Waals surface area contributed by atoms with Crippen molar-refractivity contribution in [1.82, 2.24) is 5.32 Å². The fourth-order valence-corrected chi connectivity index (χ4v) is 2.44. The van der Waals surface area contributed by atoms with Crippen molar-refractivity contribution in [2.24, 2.45) is 0 Å². The second-order valence-corrected chi connectivity index (χ2v) is 4.83. The topological polar surface area (TPSA) is 47.9 Å². The van der Waals surface area contributed by atoms with Crippen molar-refractivity contribution in [3.05, 3.63) is 64.5 Å². The Balaban J connectivity index is 1.77. The van der Waals surface area contributed by atoms with Crippen molar-refractivity contribution < 1.29 is 4.39 Å². The number of hydrogen-bond donors (Lipinski definition) is 2. The summed E-state index contributed by atoms with van der Waals surface area (Å²) in [6, 6.07) is 12.8. The van der Waals surface area contributed by atoms with E-state index in [1.54, 1.807) is 12.1 Å². The van der Waals surface area contributed by atoms with E-state index in [9.17, 15) is 4.39 Å². The Morgan fingerprint density at radius 1 is 1.20 bits per heavy atom. The highest BCUT2D eigenvalue weighted by Crippen LogP contribution is 2.20. The molecule has 0 saturated heterocycles. The van der Waals surface area contributed by atoms with Crippen LogP contribution >= 0.6 is 0 Å².